The second kappa shape index (κ2) is 8.08. The Morgan fingerprint density at radius 3 is 2.21 bits per heavy atom. The normalized spacial score (nSPS) is 28.8. The Hall–Kier alpha value is -0.320. The van der Waals surface area contributed by atoms with Crippen molar-refractivity contribution in [1.82, 2.24) is 9.80 Å². The monoisotopic (exact) mass is 289 g/mol. The van der Waals surface area contributed by atoms with Gasteiger partial charge < -0.3 is 10.6 Å². The van der Waals surface area contributed by atoms with Crippen LogP contribution in [0.3, 0.4) is 0 Å². The van der Waals surface area contributed by atoms with Gasteiger partial charge in [0.1, 0.15) is 0 Å². The summed E-state index contributed by atoms with van der Waals surface area (Å²) in [5.74, 6) is 1.14. The zero-order chi connectivity index (χ0) is 13.0. The fraction of sp³-hybridized carbons (Fsp3) is 0.929. The molecule has 2 N–H and O–H groups in total. The summed E-state index contributed by atoms with van der Waals surface area (Å²) in [5, 5.41) is 0. The molecule has 1 heterocycles. The summed E-state index contributed by atoms with van der Waals surface area (Å²) in [6.45, 7) is 6.72. The lowest BCUT2D eigenvalue weighted by atomic mass is 9.86. The van der Waals surface area contributed by atoms with Gasteiger partial charge in [-0.2, -0.15) is 0 Å². The standard InChI is InChI=1S/C14H27N3O.ClH/c1-12-2-4-13(5-3-12)16-8-10-17(11-9-16)14(18)6-7-15;/h12-13H,2-11,15H2,1H3;1H. The molecule has 1 saturated heterocycles. The van der Waals surface area contributed by atoms with Gasteiger partial charge in [-0.1, -0.05) is 6.92 Å². The molecular weight excluding hydrogens is 262 g/mol. The molecule has 0 unspecified atom stereocenters. The zero-order valence-corrected chi connectivity index (χ0v) is 12.8. The van der Waals surface area contributed by atoms with E-state index in [1.54, 1.807) is 0 Å². The Kier molecular flexibility index (Phi) is 7.11. The summed E-state index contributed by atoms with van der Waals surface area (Å²) in [7, 11) is 0. The van der Waals surface area contributed by atoms with Gasteiger partial charge in [0.05, 0.1) is 0 Å². The van der Waals surface area contributed by atoms with Gasteiger partial charge in [0, 0.05) is 45.2 Å². The molecule has 112 valence electrons. The van der Waals surface area contributed by atoms with E-state index < -0.39 is 0 Å². The van der Waals surface area contributed by atoms with Crippen LogP contribution in [0, 0.1) is 5.92 Å². The van der Waals surface area contributed by atoms with Crippen molar-refractivity contribution >= 4 is 18.3 Å². The highest BCUT2D eigenvalue weighted by Crippen LogP contribution is 2.27. The highest BCUT2D eigenvalue weighted by molar-refractivity contribution is 5.85. The summed E-state index contributed by atoms with van der Waals surface area (Å²) in [6.07, 6.45) is 5.94. The summed E-state index contributed by atoms with van der Waals surface area (Å²) < 4.78 is 0. The van der Waals surface area contributed by atoms with E-state index in [9.17, 15) is 4.79 Å². The second-order valence-electron chi connectivity index (χ2n) is 5.87. The molecule has 2 aliphatic rings. The van der Waals surface area contributed by atoms with E-state index in [2.05, 4.69) is 11.8 Å². The lowest BCUT2D eigenvalue weighted by Crippen LogP contribution is -2.52. The first-order chi connectivity index (χ1) is 8.70. The van der Waals surface area contributed by atoms with E-state index in [1.165, 1.54) is 25.7 Å². The van der Waals surface area contributed by atoms with E-state index >= 15 is 0 Å². The number of rotatable bonds is 3. The molecule has 1 saturated carbocycles. The molecule has 4 nitrogen and oxygen atoms in total. The van der Waals surface area contributed by atoms with Gasteiger partial charge in [-0.25, -0.2) is 0 Å². The van der Waals surface area contributed by atoms with Crippen LogP contribution in [0.4, 0.5) is 0 Å². The van der Waals surface area contributed by atoms with Gasteiger partial charge in [-0.3, -0.25) is 9.69 Å². The Labute approximate surface area is 123 Å². The second-order valence-corrected chi connectivity index (χ2v) is 5.87. The molecule has 0 radical (unpaired) electrons. The number of carbonyl (C=O) groups excluding carboxylic acids is 1. The minimum Gasteiger partial charge on any atom is -0.340 e. The van der Waals surface area contributed by atoms with Crippen molar-refractivity contribution in [2.75, 3.05) is 32.7 Å². The fourth-order valence-electron chi connectivity index (χ4n) is 3.23. The summed E-state index contributed by atoms with van der Waals surface area (Å²) in [5.41, 5.74) is 5.44. The van der Waals surface area contributed by atoms with Crippen LogP contribution in [-0.2, 0) is 4.79 Å². The lowest BCUT2D eigenvalue weighted by Gasteiger charge is -2.41. The molecule has 1 aliphatic heterocycles. The maximum atomic E-state index is 11.8. The van der Waals surface area contributed by atoms with Crippen molar-refractivity contribution in [1.29, 1.82) is 0 Å². The number of hydrogen-bond acceptors (Lipinski definition) is 3. The number of nitrogens with zero attached hydrogens (tertiary/aromatic N) is 2. The van der Waals surface area contributed by atoms with Crippen molar-refractivity contribution in [3.8, 4) is 0 Å². The Balaban J connectivity index is 0.00000180. The predicted molar refractivity (Wildman–Crippen MR) is 80.5 cm³/mol. The number of amides is 1. The van der Waals surface area contributed by atoms with Crippen molar-refractivity contribution in [2.24, 2.45) is 11.7 Å². The van der Waals surface area contributed by atoms with E-state index in [4.69, 9.17) is 5.73 Å². The van der Waals surface area contributed by atoms with Crippen LogP contribution in [0.15, 0.2) is 0 Å². The third kappa shape index (κ3) is 4.62. The van der Waals surface area contributed by atoms with Crippen LogP contribution < -0.4 is 5.73 Å². The minimum atomic E-state index is 0. The molecule has 1 amide bonds. The highest BCUT2D eigenvalue weighted by atomic mass is 35.5. The van der Waals surface area contributed by atoms with Gasteiger partial charge in [0.25, 0.3) is 0 Å². The summed E-state index contributed by atoms with van der Waals surface area (Å²) >= 11 is 0. The first-order valence-electron chi connectivity index (χ1n) is 7.42. The summed E-state index contributed by atoms with van der Waals surface area (Å²) in [6, 6.07) is 0.771. The molecule has 0 aromatic carbocycles. The predicted octanol–water partition coefficient (Wildman–Crippen LogP) is 1.48. The van der Waals surface area contributed by atoms with E-state index in [0.717, 1.165) is 38.1 Å². The molecule has 1 aliphatic carbocycles. The topological polar surface area (TPSA) is 49.6 Å². The first kappa shape index (κ1) is 16.7. The van der Waals surface area contributed by atoms with Crippen LogP contribution in [0.2, 0.25) is 0 Å². The SMILES string of the molecule is CC1CCC(N2CCN(C(=O)CCN)CC2)CC1.Cl. The average molecular weight is 290 g/mol. The van der Waals surface area contributed by atoms with Crippen LogP contribution in [-0.4, -0.2) is 54.5 Å². The van der Waals surface area contributed by atoms with Gasteiger partial charge in [-0.05, 0) is 31.6 Å². The molecule has 0 aromatic heterocycles. The third-order valence-corrected chi connectivity index (χ3v) is 4.53. The largest absolute Gasteiger partial charge is 0.340 e. The number of hydrogen-bond donors (Lipinski definition) is 1. The molecule has 0 aromatic rings. The van der Waals surface area contributed by atoms with Crippen LogP contribution in [0.1, 0.15) is 39.0 Å². The molecule has 0 spiro atoms. The minimum absolute atomic E-state index is 0. The Bertz CT molecular complexity index is 272. The number of nitrogens with two attached hydrogens (primary N) is 1. The Morgan fingerprint density at radius 2 is 1.68 bits per heavy atom. The Morgan fingerprint density at radius 1 is 1.11 bits per heavy atom. The highest BCUT2D eigenvalue weighted by Gasteiger charge is 2.28. The van der Waals surface area contributed by atoms with E-state index in [0.29, 0.717) is 13.0 Å². The molecule has 0 atom stereocenters. The van der Waals surface area contributed by atoms with Gasteiger partial charge in [-0.15, -0.1) is 12.4 Å². The zero-order valence-electron chi connectivity index (χ0n) is 12.0. The van der Waals surface area contributed by atoms with E-state index in [-0.39, 0.29) is 18.3 Å². The lowest BCUT2D eigenvalue weighted by molar-refractivity contribution is -0.133. The third-order valence-electron chi connectivity index (χ3n) is 4.53. The van der Waals surface area contributed by atoms with Crippen LogP contribution in [0.25, 0.3) is 0 Å². The molecule has 19 heavy (non-hydrogen) atoms. The number of carbonyl (C=O) groups is 1. The number of halogens is 1. The van der Waals surface area contributed by atoms with Gasteiger partial charge in [0.15, 0.2) is 0 Å². The van der Waals surface area contributed by atoms with E-state index in [1.807, 2.05) is 4.90 Å². The first-order valence-corrected chi connectivity index (χ1v) is 7.42. The van der Waals surface area contributed by atoms with Gasteiger partial charge in [0.2, 0.25) is 5.91 Å². The smallest absolute Gasteiger partial charge is 0.223 e. The fourth-order valence-corrected chi connectivity index (χ4v) is 3.23. The van der Waals surface area contributed by atoms with Crippen molar-refractivity contribution in [2.45, 2.75) is 45.1 Å². The molecular formula is C14H28ClN3O. The number of piperazine rings is 1. The molecule has 5 heteroatoms. The van der Waals surface area contributed by atoms with Crippen LogP contribution >= 0.6 is 12.4 Å². The van der Waals surface area contributed by atoms with Crippen molar-refractivity contribution < 1.29 is 4.79 Å². The molecule has 2 fully saturated rings. The summed E-state index contributed by atoms with van der Waals surface area (Å²) in [4.78, 5) is 16.3. The quantitative estimate of drug-likeness (QED) is 0.856. The maximum Gasteiger partial charge on any atom is 0.223 e. The van der Waals surface area contributed by atoms with Gasteiger partial charge >= 0.3 is 0 Å². The average Bonchev–Trinajstić information content (AvgIpc) is 2.40. The molecule has 0 bridgehead atoms. The molecule has 2 rings (SSSR count). The van der Waals surface area contributed by atoms with Crippen LogP contribution in [0.5, 0.6) is 0 Å². The van der Waals surface area contributed by atoms with Crippen molar-refractivity contribution in [3.63, 3.8) is 0 Å². The van der Waals surface area contributed by atoms with Crippen molar-refractivity contribution in [3.05, 3.63) is 0 Å². The maximum absolute atomic E-state index is 11.8.